The summed E-state index contributed by atoms with van der Waals surface area (Å²) in [6.07, 6.45) is 3.51. The molecule has 0 saturated carbocycles. The van der Waals surface area contributed by atoms with Crippen molar-refractivity contribution in [3.63, 3.8) is 0 Å². The molecule has 0 aromatic heterocycles. The van der Waals surface area contributed by atoms with Gasteiger partial charge in [-0.2, -0.15) is 0 Å². The second kappa shape index (κ2) is 13.2. The lowest BCUT2D eigenvalue weighted by Crippen LogP contribution is -2.52. The maximum atomic E-state index is 13.6. The van der Waals surface area contributed by atoms with E-state index < -0.39 is 0 Å². The number of amides is 3. The molecule has 8 nitrogen and oxygen atoms in total. The Morgan fingerprint density at radius 1 is 1.00 bits per heavy atom. The molecule has 1 atom stereocenters. The molecule has 1 heterocycles. The van der Waals surface area contributed by atoms with E-state index in [2.05, 4.69) is 13.8 Å². The van der Waals surface area contributed by atoms with Crippen molar-refractivity contribution in [2.75, 3.05) is 52.9 Å². The molecule has 0 aliphatic carbocycles. The topological polar surface area (TPSA) is 71.5 Å². The fraction of sp³-hybridized carbons (Fsp3) is 0.517. The zero-order chi connectivity index (χ0) is 26.9. The quantitative estimate of drug-likeness (QED) is 0.376. The van der Waals surface area contributed by atoms with Crippen LogP contribution in [0.15, 0.2) is 36.4 Å². The van der Waals surface area contributed by atoms with Crippen LogP contribution >= 0.6 is 0 Å². The van der Waals surface area contributed by atoms with Gasteiger partial charge in [0.2, 0.25) is 5.91 Å². The summed E-state index contributed by atoms with van der Waals surface area (Å²) >= 11 is 0. The van der Waals surface area contributed by atoms with Gasteiger partial charge in [0.15, 0.2) is 11.5 Å². The Balaban J connectivity index is 1.79. The largest absolute Gasteiger partial charge is 0.496 e. The predicted molar refractivity (Wildman–Crippen MR) is 146 cm³/mol. The number of likely N-dealkylation sites (N-methyl/N-ethyl adjacent to an activating group) is 1. The van der Waals surface area contributed by atoms with Crippen molar-refractivity contribution in [3.05, 3.63) is 47.5 Å². The van der Waals surface area contributed by atoms with E-state index in [9.17, 15) is 9.59 Å². The third-order valence-electron chi connectivity index (χ3n) is 6.56. The van der Waals surface area contributed by atoms with Crippen molar-refractivity contribution >= 4 is 17.6 Å². The second-order valence-corrected chi connectivity index (χ2v) is 9.88. The number of nitrogens with zero attached hydrogens (tertiary/aromatic N) is 3. The number of benzene rings is 2. The molecule has 1 unspecified atom stereocenters. The molecule has 0 radical (unpaired) electrons. The summed E-state index contributed by atoms with van der Waals surface area (Å²) in [6.45, 7) is 6.61. The van der Waals surface area contributed by atoms with Crippen LogP contribution in [0.25, 0.3) is 0 Å². The standard InChI is InChI=1S/C29H41N3O5/c1-7-8-9-14-37-27-17-24(12-13-25(27)35-5)32-19-21(2)18-31(29(32)34)20-23-11-10-22(15-26(23)36-6)16-28(33)30(3)4/h10-13,15,17,21H,7-9,14,16,18-20H2,1-6H3. The third kappa shape index (κ3) is 7.31. The van der Waals surface area contributed by atoms with Crippen LogP contribution in [-0.4, -0.2) is 69.7 Å². The van der Waals surface area contributed by atoms with E-state index in [-0.39, 0.29) is 17.9 Å². The summed E-state index contributed by atoms with van der Waals surface area (Å²) in [5, 5.41) is 0. The van der Waals surface area contributed by atoms with Crippen LogP contribution in [0, 0.1) is 5.92 Å². The van der Waals surface area contributed by atoms with Gasteiger partial charge in [-0.15, -0.1) is 0 Å². The first kappa shape index (κ1) is 28.2. The SMILES string of the molecule is CCCCCOc1cc(N2CC(C)CN(Cc3ccc(CC(=O)N(C)C)cc3OC)C2=O)ccc1OC. The highest BCUT2D eigenvalue weighted by Crippen LogP contribution is 2.34. The van der Waals surface area contributed by atoms with E-state index in [1.165, 1.54) is 0 Å². The number of hydrogen-bond donors (Lipinski definition) is 0. The highest BCUT2D eigenvalue weighted by atomic mass is 16.5. The Kier molecular flexibility index (Phi) is 10.1. The van der Waals surface area contributed by atoms with Crippen LogP contribution in [0.5, 0.6) is 17.2 Å². The first-order valence-electron chi connectivity index (χ1n) is 13.0. The van der Waals surface area contributed by atoms with E-state index >= 15 is 0 Å². The molecule has 3 amide bonds. The number of anilines is 1. The van der Waals surface area contributed by atoms with Gasteiger partial charge in [-0.25, -0.2) is 4.79 Å². The zero-order valence-electron chi connectivity index (χ0n) is 23.1. The summed E-state index contributed by atoms with van der Waals surface area (Å²) in [6, 6.07) is 11.4. The first-order chi connectivity index (χ1) is 17.8. The Hall–Kier alpha value is -3.42. The Bertz CT molecular complexity index is 1070. The van der Waals surface area contributed by atoms with Gasteiger partial charge in [-0.3, -0.25) is 9.69 Å². The van der Waals surface area contributed by atoms with Gasteiger partial charge in [0.25, 0.3) is 0 Å². The number of carbonyl (C=O) groups excluding carboxylic acids is 2. The molecule has 202 valence electrons. The van der Waals surface area contributed by atoms with Gasteiger partial charge >= 0.3 is 6.03 Å². The number of methoxy groups -OCH3 is 2. The molecule has 1 saturated heterocycles. The molecule has 0 spiro atoms. The molecule has 1 aliphatic heterocycles. The molecule has 0 N–H and O–H groups in total. The monoisotopic (exact) mass is 511 g/mol. The summed E-state index contributed by atoms with van der Waals surface area (Å²) in [5.74, 6) is 2.29. The summed E-state index contributed by atoms with van der Waals surface area (Å²) in [4.78, 5) is 31.0. The lowest BCUT2D eigenvalue weighted by Gasteiger charge is -2.39. The van der Waals surface area contributed by atoms with Gasteiger partial charge in [-0.1, -0.05) is 38.8 Å². The number of urea groups is 1. The molecule has 2 aromatic carbocycles. The van der Waals surface area contributed by atoms with E-state index in [0.29, 0.717) is 49.9 Å². The van der Waals surface area contributed by atoms with Crippen molar-refractivity contribution < 1.29 is 23.8 Å². The fourth-order valence-electron chi connectivity index (χ4n) is 4.47. The molecular weight excluding hydrogens is 470 g/mol. The average Bonchev–Trinajstić information content (AvgIpc) is 2.89. The lowest BCUT2D eigenvalue weighted by molar-refractivity contribution is -0.127. The average molecular weight is 512 g/mol. The summed E-state index contributed by atoms with van der Waals surface area (Å²) in [5.41, 5.74) is 2.57. The van der Waals surface area contributed by atoms with E-state index in [4.69, 9.17) is 14.2 Å². The Labute approximate surface area is 221 Å². The minimum absolute atomic E-state index is 0.0266. The number of hydrogen-bond acceptors (Lipinski definition) is 5. The molecule has 37 heavy (non-hydrogen) atoms. The van der Waals surface area contributed by atoms with Crippen LogP contribution in [-0.2, 0) is 17.8 Å². The van der Waals surface area contributed by atoms with Crippen molar-refractivity contribution in [1.29, 1.82) is 0 Å². The van der Waals surface area contributed by atoms with E-state index in [1.807, 2.05) is 46.2 Å². The van der Waals surface area contributed by atoms with Crippen LogP contribution < -0.4 is 19.1 Å². The maximum Gasteiger partial charge on any atom is 0.324 e. The summed E-state index contributed by atoms with van der Waals surface area (Å²) < 4.78 is 17.1. The number of unbranched alkanes of at least 4 members (excludes halogenated alkanes) is 2. The normalized spacial score (nSPS) is 15.5. The smallest absolute Gasteiger partial charge is 0.324 e. The van der Waals surface area contributed by atoms with Crippen LogP contribution in [0.4, 0.5) is 10.5 Å². The molecular formula is C29H41N3O5. The van der Waals surface area contributed by atoms with E-state index in [0.717, 1.165) is 36.1 Å². The first-order valence-corrected chi connectivity index (χ1v) is 13.0. The maximum absolute atomic E-state index is 13.6. The molecule has 1 aliphatic rings. The lowest BCUT2D eigenvalue weighted by atomic mass is 10.0. The summed E-state index contributed by atoms with van der Waals surface area (Å²) in [7, 11) is 6.72. The Morgan fingerprint density at radius 2 is 1.76 bits per heavy atom. The number of rotatable bonds is 12. The van der Waals surface area contributed by atoms with Gasteiger partial charge in [0.1, 0.15) is 5.75 Å². The highest BCUT2D eigenvalue weighted by Gasteiger charge is 2.32. The van der Waals surface area contributed by atoms with Crippen molar-refractivity contribution in [2.45, 2.75) is 46.1 Å². The zero-order valence-corrected chi connectivity index (χ0v) is 23.1. The fourth-order valence-corrected chi connectivity index (χ4v) is 4.47. The van der Waals surface area contributed by atoms with Crippen molar-refractivity contribution in [2.24, 2.45) is 5.92 Å². The highest BCUT2D eigenvalue weighted by molar-refractivity contribution is 5.93. The van der Waals surface area contributed by atoms with Gasteiger partial charge in [0.05, 0.1) is 33.8 Å². The number of ether oxygens (including phenoxy) is 3. The van der Waals surface area contributed by atoms with Crippen molar-refractivity contribution in [3.8, 4) is 17.2 Å². The van der Waals surface area contributed by atoms with Gasteiger partial charge in [0, 0.05) is 44.5 Å². The van der Waals surface area contributed by atoms with Crippen LogP contribution in [0.2, 0.25) is 0 Å². The molecule has 2 aromatic rings. The van der Waals surface area contributed by atoms with Crippen molar-refractivity contribution in [1.82, 2.24) is 9.80 Å². The van der Waals surface area contributed by atoms with Crippen LogP contribution in [0.1, 0.15) is 44.2 Å². The second-order valence-electron chi connectivity index (χ2n) is 9.88. The third-order valence-corrected chi connectivity index (χ3v) is 6.56. The number of carbonyl (C=O) groups is 2. The molecule has 8 heteroatoms. The molecule has 0 bridgehead atoms. The van der Waals surface area contributed by atoms with Gasteiger partial charge in [-0.05, 0) is 36.1 Å². The van der Waals surface area contributed by atoms with Gasteiger partial charge < -0.3 is 24.0 Å². The van der Waals surface area contributed by atoms with E-state index in [1.54, 1.807) is 33.2 Å². The molecule has 3 rings (SSSR count). The minimum Gasteiger partial charge on any atom is -0.496 e. The minimum atomic E-state index is -0.0610. The Morgan fingerprint density at radius 3 is 2.43 bits per heavy atom. The van der Waals surface area contributed by atoms with Crippen LogP contribution in [0.3, 0.4) is 0 Å². The molecule has 1 fully saturated rings. The predicted octanol–water partition coefficient (Wildman–Crippen LogP) is 4.98.